The molecule has 20 heavy (non-hydrogen) atoms. The zero-order valence-electron chi connectivity index (χ0n) is 13.0. The molecule has 0 aromatic heterocycles. The summed E-state index contributed by atoms with van der Waals surface area (Å²) in [6.45, 7) is 8.06. The van der Waals surface area contributed by atoms with Gasteiger partial charge >= 0.3 is 0 Å². The Morgan fingerprint density at radius 1 is 1.20 bits per heavy atom. The molecule has 0 bridgehead atoms. The van der Waals surface area contributed by atoms with Crippen molar-refractivity contribution in [3.8, 4) is 0 Å². The highest BCUT2D eigenvalue weighted by atomic mass is 15.3. The summed E-state index contributed by atoms with van der Waals surface area (Å²) in [6, 6.07) is 9.50. The van der Waals surface area contributed by atoms with E-state index >= 15 is 0 Å². The molecule has 1 saturated carbocycles. The van der Waals surface area contributed by atoms with Crippen LogP contribution in [-0.2, 0) is 6.54 Å². The summed E-state index contributed by atoms with van der Waals surface area (Å²) in [6.07, 6.45) is 6.98. The molecule has 2 fully saturated rings. The van der Waals surface area contributed by atoms with Crippen LogP contribution in [0.5, 0.6) is 0 Å². The number of hydrogen-bond donors (Lipinski definition) is 1. The van der Waals surface area contributed by atoms with Crippen molar-refractivity contribution in [2.75, 3.05) is 13.1 Å². The second kappa shape index (κ2) is 5.87. The summed E-state index contributed by atoms with van der Waals surface area (Å²) in [5.41, 5.74) is 3.36. The average molecular weight is 272 g/mol. The topological polar surface area (TPSA) is 15.3 Å². The van der Waals surface area contributed by atoms with Crippen molar-refractivity contribution in [3.63, 3.8) is 0 Å². The molecule has 1 atom stereocenters. The smallest absolute Gasteiger partial charge is 0.0338 e. The van der Waals surface area contributed by atoms with Crippen LogP contribution < -0.4 is 5.32 Å². The monoisotopic (exact) mass is 272 g/mol. The fourth-order valence-corrected chi connectivity index (χ4v) is 3.99. The van der Waals surface area contributed by atoms with E-state index in [1.54, 1.807) is 0 Å². The molecule has 1 aromatic rings. The quantitative estimate of drug-likeness (QED) is 0.886. The SMILES string of the molecule is Cc1ccccc1CN1CC(C)NCC12CCCCC2. The molecular formula is C18H28N2. The average Bonchev–Trinajstić information content (AvgIpc) is 2.47. The first-order valence-corrected chi connectivity index (χ1v) is 8.23. The van der Waals surface area contributed by atoms with Crippen LogP contribution in [0.1, 0.15) is 50.2 Å². The van der Waals surface area contributed by atoms with E-state index in [1.807, 2.05) is 0 Å². The van der Waals surface area contributed by atoms with E-state index in [0.29, 0.717) is 11.6 Å². The maximum atomic E-state index is 3.73. The summed E-state index contributed by atoms with van der Waals surface area (Å²) < 4.78 is 0. The first-order valence-electron chi connectivity index (χ1n) is 8.23. The summed E-state index contributed by atoms with van der Waals surface area (Å²) in [5.74, 6) is 0. The molecule has 0 amide bonds. The van der Waals surface area contributed by atoms with Crippen LogP contribution in [0.25, 0.3) is 0 Å². The highest BCUT2D eigenvalue weighted by Gasteiger charge is 2.41. The van der Waals surface area contributed by atoms with Crippen molar-refractivity contribution in [1.29, 1.82) is 0 Å². The zero-order chi connectivity index (χ0) is 14.0. The van der Waals surface area contributed by atoms with Gasteiger partial charge in [0.15, 0.2) is 0 Å². The molecule has 110 valence electrons. The molecule has 2 nitrogen and oxygen atoms in total. The number of nitrogens with zero attached hydrogens (tertiary/aromatic N) is 1. The third-order valence-electron chi connectivity index (χ3n) is 5.35. The standard InChI is InChI=1S/C18H28N2/c1-15-8-4-5-9-17(15)13-20-12-16(2)19-14-18(20)10-6-3-7-11-18/h4-5,8-9,16,19H,3,6-7,10-14H2,1-2H3. The summed E-state index contributed by atoms with van der Waals surface area (Å²) >= 11 is 0. The van der Waals surface area contributed by atoms with Gasteiger partial charge in [0.1, 0.15) is 0 Å². The predicted molar refractivity (Wildman–Crippen MR) is 84.9 cm³/mol. The molecule has 1 saturated heterocycles. The maximum absolute atomic E-state index is 3.73. The van der Waals surface area contributed by atoms with Gasteiger partial charge in [0.2, 0.25) is 0 Å². The molecular weight excluding hydrogens is 244 g/mol. The summed E-state index contributed by atoms with van der Waals surface area (Å²) in [7, 11) is 0. The second-order valence-electron chi connectivity index (χ2n) is 6.87. The van der Waals surface area contributed by atoms with E-state index in [0.717, 1.165) is 6.54 Å². The molecule has 1 unspecified atom stereocenters. The van der Waals surface area contributed by atoms with Crippen molar-refractivity contribution in [2.24, 2.45) is 0 Å². The van der Waals surface area contributed by atoms with Gasteiger partial charge in [-0.15, -0.1) is 0 Å². The zero-order valence-corrected chi connectivity index (χ0v) is 13.0. The Labute approximate surface area is 123 Å². The van der Waals surface area contributed by atoms with Gasteiger partial charge in [0.05, 0.1) is 0 Å². The number of nitrogens with one attached hydrogen (secondary N) is 1. The molecule has 1 spiro atoms. The Bertz CT molecular complexity index is 448. The van der Waals surface area contributed by atoms with Crippen LogP contribution in [0.3, 0.4) is 0 Å². The summed E-state index contributed by atoms with van der Waals surface area (Å²) in [4.78, 5) is 2.79. The van der Waals surface area contributed by atoms with Crippen LogP contribution in [-0.4, -0.2) is 29.6 Å². The van der Waals surface area contributed by atoms with Gasteiger partial charge in [-0.05, 0) is 37.8 Å². The predicted octanol–water partition coefficient (Wildman–Crippen LogP) is 3.49. The van der Waals surface area contributed by atoms with Gasteiger partial charge in [-0.1, -0.05) is 43.5 Å². The molecule has 0 radical (unpaired) electrons. The molecule has 1 aromatic carbocycles. The lowest BCUT2D eigenvalue weighted by atomic mass is 9.78. The van der Waals surface area contributed by atoms with Gasteiger partial charge in [-0.25, -0.2) is 0 Å². The van der Waals surface area contributed by atoms with E-state index in [-0.39, 0.29) is 0 Å². The third kappa shape index (κ3) is 2.77. The first kappa shape index (κ1) is 14.1. The van der Waals surface area contributed by atoms with Crippen molar-refractivity contribution in [1.82, 2.24) is 10.2 Å². The van der Waals surface area contributed by atoms with Gasteiger partial charge in [0, 0.05) is 31.2 Å². The molecule has 1 heterocycles. The minimum Gasteiger partial charge on any atom is -0.311 e. The van der Waals surface area contributed by atoms with Crippen LogP contribution in [0.4, 0.5) is 0 Å². The van der Waals surface area contributed by atoms with E-state index in [2.05, 4.69) is 48.3 Å². The van der Waals surface area contributed by atoms with E-state index in [1.165, 1.54) is 56.3 Å². The second-order valence-corrected chi connectivity index (χ2v) is 6.87. The van der Waals surface area contributed by atoms with Crippen molar-refractivity contribution in [3.05, 3.63) is 35.4 Å². The lowest BCUT2D eigenvalue weighted by molar-refractivity contribution is 0.00605. The van der Waals surface area contributed by atoms with Crippen LogP contribution >= 0.6 is 0 Å². The molecule has 1 aliphatic heterocycles. The highest BCUT2D eigenvalue weighted by Crippen LogP contribution is 2.36. The molecule has 1 N–H and O–H groups in total. The number of rotatable bonds is 2. The lowest BCUT2D eigenvalue weighted by Gasteiger charge is -2.52. The number of hydrogen-bond acceptors (Lipinski definition) is 2. The normalized spacial score (nSPS) is 26.8. The fraction of sp³-hybridized carbons (Fsp3) is 0.667. The number of piperazine rings is 1. The van der Waals surface area contributed by atoms with Crippen molar-refractivity contribution < 1.29 is 0 Å². The Morgan fingerprint density at radius 3 is 2.70 bits per heavy atom. The number of aryl methyl sites for hydroxylation is 1. The van der Waals surface area contributed by atoms with Crippen LogP contribution in [0.2, 0.25) is 0 Å². The number of benzene rings is 1. The molecule has 1 aliphatic carbocycles. The van der Waals surface area contributed by atoms with E-state index in [9.17, 15) is 0 Å². The van der Waals surface area contributed by atoms with E-state index < -0.39 is 0 Å². The Hall–Kier alpha value is -0.860. The van der Waals surface area contributed by atoms with Gasteiger partial charge in [-0.2, -0.15) is 0 Å². The summed E-state index contributed by atoms with van der Waals surface area (Å²) in [5, 5.41) is 3.73. The van der Waals surface area contributed by atoms with Crippen molar-refractivity contribution in [2.45, 2.75) is 64.1 Å². The van der Waals surface area contributed by atoms with Crippen molar-refractivity contribution >= 4 is 0 Å². The fourth-order valence-electron chi connectivity index (χ4n) is 3.99. The van der Waals surface area contributed by atoms with E-state index in [4.69, 9.17) is 0 Å². The maximum Gasteiger partial charge on any atom is 0.0338 e. The van der Waals surface area contributed by atoms with Crippen LogP contribution in [0.15, 0.2) is 24.3 Å². The highest BCUT2D eigenvalue weighted by molar-refractivity contribution is 5.26. The van der Waals surface area contributed by atoms with Gasteiger partial charge in [0.25, 0.3) is 0 Å². The Morgan fingerprint density at radius 2 is 1.95 bits per heavy atom. The minimum absolute atomic E-state index is 0.424. The Kier molecular flexibility index (Phi) is 4.13. The molecule has 2 aliphatic rings. The molecule has 2 heteroatoms. The molecule has 3 rings (SSSR count). The lowest BCUT2D eigenvalue weighted by Crippen LogP contribution is -2.64. The van der Waals surface area contributed by atoms with Gasteiger partial charge in [-0.3, -0.25) is 4.90 Å². The third-order valence-corrected chi connectivity index (χ3v) is 5.35. The van der Waals surface area contributed by atoms with Gasteiger partial charge < -0.3 is 5.32 Å². The minimum atomic E-state index is 0.424. The first-order chi connectivity index (χ1) is 9.70. The Balaban J connectivity index is 1.81. The van der Waals surface area contributed by atoms with Crippen LogP contribution in [0, 0.1) is 6.92 Å². The largest absolute Gasteiger partial charge is 0.311 e.